The first-order chi connectivity index (χ1) is 8.15. The van der Waals surface area contributed by atoms with Crippen molar-refractivity contribution in [3.8, 4) is 0 Å². The highest BCUT2D eigenvalue weighted by Gasteiger charge is 2.05. The largest absolute Gasteiger partial charge is 0.465 e. The smallest absolute Gasteiger partial charge is 0.325 e. The van der Waals surface area contributed by atoms with Gasteiger partial charge < -0.3 is 10.1 Å². The van der Waals surface area contributed by atoms with Crippen molar-refractivity contribution < 1.29 is 9.53 Å². The second-order valence-corrected chi connectivity index (χ2v) is 3.79. The molecule has 0 aliphatic heterocycles. The van der Waals surface area contributed by atoms with Gasteiger partial charge in [0.1, 0.15) is 23.3 Å². The Morgan fingerprint density at radius 1 is 1.47 bits per heavy atom. The van der Waals surface area contributed by atoms with Crippen LogP contribution >= 0.6 is 11.6 Å². The van der Waals surface area contributed by atoms with E-state index in [-0.39, 0.29) is 12.5 Å². The summed E-state index contributed by atoms with van der Waals surface area (Å²) in [6, 6.07) is 1.58. The molecular formula is C11H16ClN3O2. The van der Waals surface area contributed by atoms with Gasteiger partial charge in [-0.05, 0) is 13.3 Å². The first-order valence-electron chi connectivity index (χ1n) is 5.58. The van der Waals surface area contributed by atoms with Crippen molar-refractivity contribution in [2.45, 2.75) is 26.7 Å². The number of nitrogens with zero attached hydrogens (tertiary/aromatic N) is 2. The van der Waals surface area contributed by atoms with Crippen molar-refractivity contribution in [3.63, 3.8) is 0 Å². The van der Waals surface area contributed by atoms with Crippen LogP contribution in [0.3, 0.4) is 0 Å². The number of halogens is 1. The van der Waals surface area contributed by atoms with E-state index >= 15 is 0 Å². The van der Waals surface area contributed by atoms with E-state index in [0.29, 0.717) is 23.4 Å². The zero-order valence-electron chi connectivity index (χ0n) is 9.99. The Morgan fingerprint density at radius 2 is 2.24 bits per heavy atom. The number of hydrogen-bond acceptors (Lipinski definition) is 5. The highest BCUT2D eigenvalue weighted by atomic mass is 35.5. The van der Waals surface area contributed by atoms with E-state index < -0.39 is 0 Å². The summed E-state index contributed by atoms with van der Waals surface area (Å²) in [5.74, 6) is 0.895. The molecule has 1 heterocycles. The summed E-state index contributed by atoms with van der Waals surface area (Å²) in [5.41, 5.74) is 0. The zero-order valence-corrected chi connectivity index (χ0v) is 10.8. The van der Waals surface area contributed by atoms with Crippen molar-refractivity contribution >= 4 is 23.4 Å². The molecule has 1 N–H and O–H groups in total. The van der Waals surface area contributed by atoms with Gasteiger partial charge in [-0.2, -0.15) is 0 Å². The number of esters is 1. The van der Waals surface area contributed by atoms with Gasteiger partial charge in [-0.25, -0.2) is 9.97 Å². The lowest BCUT2D eigenvalue weighted by atomic mass is 10.3. The molecular weight excluding hydrogens is 242 g/mol. The van der Waals surface area contributed by atoms with Crippen molar-refractivity contribution in [1.29, 1.82) is 0 Å². The molecule has 0 bridgehead atoms. The molecule has 1 aromatic rings. The average molecular weight is 258 g/mol. The van der Waals surface area contributed by atoms with Gasteiger partial charge in [0, 0.05) is 12.5 Å². The summed E-state index contributed by atoms with van der Waals surface area (Å²) >= 11 is 5.85. The Balaban J connectivity index is 2.61. The molecule has 0 aliphatic rings. The molecule has 0 aliphatic carbocycles. The molecule has 0 atom stereocenters. The molecule has 17 heavy (non-hydrogen) atoms. The van der Waals surface area contributed by atoms with E-state index in [1.54, 1.807) is 13.0 Å². The summed E-state index contributed by atoms with van der Waals surface area (Å²) in [4.78, 5) is 19.5. The fraction of sp³-hybridized carbons (Fsp3) is 0.545. The topological polar surface area (TPSA) is 64.1 Å². The van der Waals surface area contributed by atoms with E-state index in [1.165, 1.54) is 0 Å². The molecule has 94 valence electrons. The highest BCUT2D eigenvalue weighted by Crippen LogP contribution is 2.12. The Kier molecular flexibility index (Phi) is 5.69. The van der Waals surface area contributed by atoms with Gasteiger partial charge in [-0.1, -0.05) is 18.5 Å². The lowest BCUT2D eigenvalue weighted by Gasteiger charge is -2.07. The van der Waals surface area contributed by atoms with Gasteiger partial charge in [0.2, 0.25) is 0 Å². The Labute approximate surface area is 106 Å². The number of carbonyl (C=O) groups excluding carboxylic acids is 1. The monoisotopic (exact) mass is 257 g/mol. The van der Waals surface area contributed by atoms with Gasteiger partial charge in [0.25, 0.3) is 0 Å². The summed E-state index contributed by atoms with van der Waals surface area (Å²) < 4.78 is 4.79. The minimum Gasteiger partial charge on any atom is -0.465 e. The van der Waals surface area contributed by atoms with Crippen LogP contribution in [0.15, 0.2) is 6.07 Å². The molecule has 0 aromatic carbocycles. The number of carbonyl (C=O) groups is 1. The molecule has 5 nitrogen and oxygen atoms in total. The number of anilines is 1. The van der Waals surface area contributed by atoms with Crippen LogP contribution in [-0.2, 0) is 16.0 Å². The Morgan fingerprint density at radius 3 is 2.88 bits per heavy atom. The molecule has 6 heteroatoms. The van der Waals surface area contributed by atoms with Gasteiger partial charge in [0.15, 0.2) is 0 Å². The predicted molar refractivity (Wildman–Crippen MR) is 66.2 cm³/mol. The number of aromatic nitrogens is 2. The molecule has 0 spiro atoms. The minimum atomic E-state index is -0.320. The van der Waals surface area contributed by atoms with Gasteiger partial charge >= 0.3 is 5.97 Å². The molecule has 0 fully saturated rings. The van der Waals surface area contributed by atoms with Gasteiger partial charge in [-0.15, -0.1) is 0 Å². The van der Waals surface area contributed by atoms with Crippen LogP contribution in [0.25, 0.3) is 0 Å². The van der Waals surface area contributed by atoms with Crippen LogP contribution in [0.2, 0.25) is 5.15 Å². The lowest BCUT2D eigenvalue weighted by molar-refractivity contribution is -0.140. The Hall–Kier alpha value is -1.36. The van der Waals surface area contributed by atoms with Gasteiger partial charge in [0.05, 0.1) is 6.61 Å². The molecule has 0 amide bonds. The molecule has 1 rings (SSSR count). The fourth-order valence-electron chi connectivity index (χ4n) is 1.27. The summed E-state index contributed by atoms with van der Waals surface area (Å²) in [6.45, 7) is 4.24. The lowest BCUT2D eigenvalue weighted by Crippen LogP contribution is -2.17. The average Bonchev–Trinajstić information content (AvgIpc) is 2.26. The van der Waals surface area contributed by atoms with Crippen LogP contribution < -0.4 is 5.32 Å². The zero-order chi connectivity index (χ0) is 12.7. The second-order valence-electron chi connectivity index (χ2n) is 3.40. The van der Waals surface area contributed by atoms with Gasteiger partial charge in [-0.3, -0.25) is 4.79 Å². The first-order valence-corrected chi connectivity index (χ1v) is 5.96. The third-order valence-electron chi connectivity index (χ3n) is 1.93. The number of hydrogen-bond donors (Lipinski definition) is 1. The summed E-state index contributed by atoms with van der Waals surface area (Å²) in [5, 5.41) is 3.23. The number of nitrogens with one attached hydrogen (secondary N) is 1. The predicted octanol–water partition coefficient (Wildman–Crippen LogP) is 2.06. The SMILES string of the molecule is CCCc1nc(Cl)cc(NCC(=O)OCC)n1. The Bertz CT molecular complexity index is 385. The third-order valence-corrected chi connectivity index (χ3v) is 2.13. The molecule has 0 saturated carbocycles. The van der Waals surface area contributed by atoms with Crippen LogP contribution in [0, 0.1) is 0 Å². The maximum absolute atomic E-state index is 11.2. The maximum Gasteiger partial charge on any atom is 0.325 e. The summed E-state index contributed by atoms with van der Waals surface area (Å²) in [6.07, 6.45) is 1.70. The number of ether oxygens (including phenoxy) is 1. The van der Waals surface area contributed by atoms with E-state index in [1.807, 2.05) is 6.92 Å². The molecule has 0 radical (unpaired) electrons. The standard InChI is InChI=1S/C11H16ClN3O2/c1-3-5-9-14-8(12)6-10(15-9)13-7-11(16)17-4-2/h6H,3-5,7H2,1-2H3,(H,13,14,15). The molecule has 1 aromatic heterocycles. The fourth-order valence-corrected chi connectivity index (χ4v) is 1.47. The number of aryl methyl sites for hydroxylation is 1. The molecule has 0 unspecified atom stereocenters. The molecule has 0 saturated heterocycles. The van der Waals surface area contributed by atoms with Crippen molar-refractivity contribution in [3.05, 3.63) is 17.0 Å². The van der Waals surface area contributed by atoms with E-state index in [0.717, 1.165) is 12.8 Å². The van der Waals surface area contributed by atoms with E-state index in [4.69, 9.17) is 16.3 Å². The minimum absolute atomic E-state index is 0.0761. The third kappa shape index (κ3) is 4.99. The van der Waals surface area contributed by atoms with Crippen LogP contribution in [-0.4, -0.2) is 29.1 Å². The van der Waals surface area contributed by atoms with Crippen LogP contribution in [0.1, 0.15) is 26.1 Å². The second kappa shape index (κ2) is 7.06. The van der Waals surface area contributed by atoms with E-state index in [9.17, 15) is 4.79 Å². The van der Waals surface area contributed by atoms with E-state index in [2.05, 4.69) is 15.3 Å². The normalized spacial score (nSPS) is 10.1. The number of rotatable bonds is 6. The first kappa shape index (κ1) is 13.7. The summed E-state index contributed by atoms with van der Waals surface area (Å²) in [7, 11) is 0. The maximum atomic E-state index is 11.2. The van der Waals surface area contributed by atoms with Crippen molar-refractivity contribution in [1.82, 2.24) is 9.97 Å². The van der Waals surface area contributed by atoms with Crippen molar-refractivity contribution in [2.24, 2.45) is 0 Å². The van der Waals surface area contributed by atoms with Crippen LogP contribution in [0.5, 0.6) is 0 Å². The quantitative estimate of drug-likeness (QED) is 0.624. The van der Waals surface area contributed by atoms with Crippen LogP contribution in [0.4, 0.5) is 5.82 Å². The highest BCUT2D eigenvalue weighted by molar-refractivity contribution is 6.29. The van der Waals surface area contributed by atoms with Crippen molar-refractivity contribution in [2.75, 3.05) is 18.5 Å².